The minimum atomic E-state index is 0.378. The van der Waals surface area contributed by atoms with Gasteiger partial charge in [0, 0.05) is 44.7 Å². The zero-order valence-corrected chi connectivity index (χ0v) is 11.3. The molecule has 0 spiro atoms. The van der Waals surface area contributed by atoms with Crippen molar-refractivity contribution in [1.29, 1.82) is 0 Å². The van der Waals surface area contributed by atoms with Crippen LogP contribution in [-0.4, -0.2) is 48.3 Å². The highest BCUT2D eigenvalue weighted by atomic mass is 16.5. The van der Waals surface area contributed by atoms with Gasteiger partial charge in [-0.3, -0.25) is 9.88 Å². The van der Waals surface area contributed by atoms with E-state index in [0.29, 0.717) is 18.8 Å². The summed E-state index contributed by atoms with van der Waals surface area (Å²) in [4.78, 5) is 6.69. The first kappa shape index (κ1) is 13.0. The van der Waals surface area contributed by atoms with Gasteiger partial charge in [0.25, 0.3) is 0 Å². The van der Waals surface area contributed by atoms with Gasteiger partial charge in [0.05, 0.1) is 12.7 Å². The number of likely N-dealkylation sites (tertiary alicyclic amines) is 1. The van der Waals surface area contributed by atoms with Crippen molar-refractivity contribution in [2.75, 3.05) is 26.3 Å². The van der Waals surface area contributed by atoms with Crippen LogP contribution >= 0.6 is 0 Å². The Morgan fingerprint density at radius 2 is 2.21 bits per heavy atom. The monoisotopic (exact) mass is 262 g/mol. The second-order valence-electron chi connectivity index (χ2n) is 5.42. The summed E-state index contributed by atoms with van der Waals surface area (Å²) in [5.41, 5.74) is 1.16. The summed E-state index contributed by atoms with van der Waals surface area (Å²) in [5.74, 6) is 0. The maximum Gasteiger partial charge on any atom is 0.0736 e. The quantitative estimate of drug-likeness (QED) is 0.829. The van der Waals surface area contributed by atoms with Crippen LogP contribution in [0.5, 0.6) is 0 Å². The van der Waals surface area contributed by atoms with E-state index >= 15 is 0 Å². The summed E-state index contributed by atoms with van der Waals surface area (Å²) in [5, 5.41) is 0. The highest BCUT2D eigenvalue weighted by Crippen LogP contribution is 2.22. The molecule has 4 nitrogen and oxygen atoms in total. The molecule has 1 atom stereocenters. The molecular weight excluding hydrogens is 240 g/mol. The van der Waals surface area contributed by atoms with E-state index in [1.54, 1.807) is 6.20 Å². The Kier molecular flexibility index (Phi) is 4.43. The average molecular weight is 262 g/mol. The first-order valence-corrected chi connectivity index (χ1v) is 7.24. The Bertz CT molecular complexity index is 379. The molecule has 0 radical (unpaired) electrons. The number of pyridine rings is 1. The Labute approximate surface area is 114 Å². The second-order valence-corrected chi connectivity index (χ2v) is 5.42. The summed E-state index contributed by atoms with van der Waals surface area (Å²) in [7, 11) is 0. The van der Waals surface area contributed by atoms with E-state index in [2.05, 4.69) is 16.0 Å². The summed E-state index contributed by atoms with van der Waals surface area (Å²) in [6.45, 7) is 4.76. The molecule has 3 rings (SSSR count). The van der Waals surface area contributed by atoms with Crippen molar-refractivity contribution in [2.24, 2.45) is 0 Å². The molecule has 4 heteroatoms. The third-order valence-corrected chi connectivity index (χ3v) is 4.09. The summed E-state index contributed by atoms with van der Waals surface area (Å²) in [6.07, 6.45) is 7.56. The number of aromatic nitrogens is 1. The molecule has 0 amide bonds. The van der Waals surface area contributed by atoms with Crippen molar-refractivity contribution in [3.05, 3.63) is 30.1 Å². The van der Waals surface area contributed by atoms with E-state index in [4.69, 9.17) is 9.47 Å². The lowest BCUT2D eigenvalue weighted by Gasteiger charge is -2.30. The molecule has 104 valence electrons. The predicted octanol–water partition coefficient (Wildman–Crippen LogP) is 1.85. The Balaban J connectivity index is 1.44. The van der Waals surface area contributed by atoms with Crippen molar-refractivity contribution in [1.82, 2.24) is 9.88 Å². The average Bonchev–Trinajstić information content (AvgIpc) is 2.96. The van der Waals surface area contributed by atoms with Gasteiger partial charge >= 0.3 is 0 Å². The highest BCUT2D eigenvalue weighted by Gasteiger charge is 2.29. The lowest BCUT2D eigenvalue weighted by Crippen LogP contribution is -2.38. The van der Waals surface area contributed by atoms with E-state index in [1.807, 2.05) is 12.3 Å². The van der Waals surface area contributed by atoms with Gasteiger partial charge in [0.15, 0.2) is 0 Å². The van der Waals surface area contributed by atoms with Gasteiger partial charge in [-0.2, -0.15) is 0 Å². The number of ether oxygens (including phenoxy) is 2. The normalized spacial score (nSPS) is 25.8. The third-order valence-electron chi connectivity index (χ3n) is 4.09. The minimum Gasteiger partial charge on any atom is -0.381 e. The summed E-state index contributed by atoms with van der Waals surface area (Å²) in [6, 6.07) is 4.74. The molecule has 2 saturated heterocycles. The standard InChI is InChI=1S/C15H22N2O2/c1-2-13(10-16-6-1)12-19-15-3-7-17(11-15)14-4-8-18-9-5-14/h1-2,6,10,14-15H,3-5,7-9,11-12H2/t15-/m1/s1. The molecule has 0 saturated carbocycles. The lowest BCUT2D eigenvalue weighted by molar-refractivity contribution is 0.0205. The Morgan fingerprint density at radius 1 is 1.32 bits per heavy atom. The minimum absolute atomic E-state index is 0.378. The molecule has 2 fully saturated rings. The summed E-state index contributed by atoms with van der Waals surface area (Å²) < 4.78 is 11.4. The fourth-order valence-corrected chi connectivity index (χ4v) is 2.97. The predicted molar refractivity (Wildman–Crippen MR) is 72.8 cm³/mol. The first-order chi connectivity index (χ1) is 9.42. The molecule has 0 aromatic carbocycles. The van der Waals surface area contributed by atoms with Crippen LogP contribution in [0.1, 0.15) is 24.8 Å². The highest BCUT2D eigenvalue weighted by molar-refractivity contribution is 5.06. The first-order valence-electron chi connectivity index (χ1n) is 7.24. The molecule has 3 heterocycles. The largest absolute Gasteiger partial charge is 0.381 e. The van der Waals surface area contributed by atoms with Crippen LogP contribution in [0.4, 0.5) is 0 Å². The molecule has 0 unspecified atom stereocenters. The van der Waals surface area contributed by atoms with Crippen LogP contribution < -0.4 is 0 Å². The molecule has 2 aliphatic rings. The van der Waals surface area contributed by atoms with Crippen molar-refractivity contribution in [3.63, 3.8) is 0 Å². The number of hydrogen-bond donors (Lipinski definition) is 0. The van der Waals surface area contributed by atoms with Gasteiger partial charge in [0.1, 0.15) is 0 Å². The van der Waals surface area contributed by atoms with Crippen LogP contribution in [0.2, 0.25) is 0 Å². The SMILES string of the molecule is c1cncc(CO[C@@H]2CCN(C3CCOCC3)C2)c1. The van der Waals surface area contributed by atoms with Crippen LogP contribution in [0.25, 0.3) is 0 Å². The lowest BCUT2D eigenvalue weighted by atomic mass is 10.1. The van der Waals surface area contributed by atoms with Gasteiger partial charge in [0.2, 0.25) is 0 Å². The van der Waals surface area contributed by atoms with E-state index < -0.39 is 0 Å². The van der Waals surface area contributed by atoms with Crippen LogP contribution in [0.15, 0.2) is 24.5 Å². The fourth-order valence-electron chi connectivity index (χ4n) is 2.97. The van der Waals surface area contributed by atoms with Gasteiger partial charge in [-0.25, -0.2) is 0 Å². The Hall–Kier alpha value is -0.970. The van der Waals surface area contributed by atoms with Gasteiger partial charge in [-0.05, 0) is 30.9 Å². The molecular formula is C15H22N2O2. The van der Waals surface area contributed by atoms with E-state index in [1.165, 1.54) is 19.4 Å². The van der Waals surface area contributed by atoms with Gasteiger partial charge in [-0.15, -0.1) is 0 Å². The van der Waals surface area contributed by atoms with Gasteiger partial charge < -0.3 is 9.47 Å². The molecule has 1 aromatic heterocycles. The van der Waals surface area contributed by atoms with Crippen molar-refractivity contribution >= 4 is 0 Å². The molecule has 0 aliphatic carbocycles. The molecule has 0 bridgehead atoms. The van der Waals surface area contributed by atoms with Crippen LogP contribution in [-0.2, 0) is 16.1 Å². The van der Waals surface area contributed by atoms with Crippen LogP contribution in [0, 0.1) is 0 Å². The topological polar surface area (TPSA) is 34.6 Å². The maximum absolute atomic E-state index is 6.00. The van der Waals surface area contributed by atoms with E-state index in [-0.39, 0.29) is 0 Å². The van der Waals surface area contributed by atoms with Crippen LogP contribution in [0.3, 0.4) is 0 Å². The van der Waals surface area contributed by atoms with E-state index in [0.717, 1.165) is 31.7 Å². The number of hydrogen-bond acceptors (Lipinski definition) is 4. The van der Waals surface area contributed by atoms with Crippen molar-refractivity contribution in [3.8, 4) is 0 Å². The van der Waals surface area contributed by atoms with Crippen molar-refractivity contribution in [2.45, 2.75) is 38.0 Å². The molecule has 19 heavy (non-hydrogen) atoms. The zero-order valence-electron chi connectivity index (χ0n) is 11.3. The van der Waals surface area contributed by atoms with Gasteiger partial charge in [-0.1, -0.05) is 6.07 Å². The maximum atomic E-state index is 6.00. The third kappa shape index (κ3) is 3.53. The summed E-state index contributed by atoms with van der Waals surface area (Å²) >= 11 is 0. The number of nitrogens with zero attached hydrogens (tertiary/aromatic N) is 2. The Morgan fingerprint density at radius 3 is 3.00 bits per heavy atom. The smallest absolute Gasteiger partial charge is 0.0736 e. The second kappa shape index (κ2) is 6.46. The number of rotatable bonds is 4. The molecule has 1 aromatic rings. The molecule has 0 N–H and O–H groups in total. The van der Waals surface area contributed by atoms with Crippen molar-refractivity contribution < 1.29 is 9.47 Å². The zero-order chi connectivity index (χ0) is 12.9. The fraction of sp³-hybridized carbons (Fsp3) is 0.667. The van der Waals surface area contributed by atoms with E-state index in [9.17, 15) is 0 Å². The molecule has 2 aliphatic heterocycles.